The minimum Gasteiger partial charge on any atom is -0.324 e. The largest absolute Gasteiger partial charge is 0.324 e. The quantitative estimate of drug-likeness (QED) is 0.737. The van der Waals surface area contributed by atoms with Gasteiger partial charge in [0.05, 0.1) is 17.4 Å². The summed E-state index contributed by atoms with van der Waals surface area (Å²) in [7, 11) is 0. The number of hydrogen-bond acceptors (Lipinski definition) is 3. The Balaban J connectivity index is 2.59. The van der Waals surface area contributed by atoms with E-state index in [1.54, 1.807) is 6.20 Å². The molecule has 0 saturated heterocycles. The molecule has 2 rings (SSSR count). The second-order valence-electron chi connectivity index (χ2n) is 2.96. The van der Waals surface area contributed by atoms with Crippen LogP contribution in [-0.4, -0.2) is 16.1 Å². The van der Waals surface area contributed by atoms with Crippen molar-refractivity contribution in [3.8, 4) is 0 Å². The molecule has 0 fully saturated rings. The van der Waals surface area contributed by atoms with Crippen molar-refractivity contribution in [2.45, 2.75) is 6.92 Å². The van der Waals surface area contributed by atoms with E-state index in [0.717, 1.165) is 10.9 Å². The first kappa shape index (κ1) is 8.62. The highest BCUT2D eigenvalue weighted by Gasteiger charge is 2.02. The molecule has 4 heteroatoms. The zero-order valence-electron chi connectivity index (χ0n) is 7.69. The number of anilines is 1. The van der Waals surface area contributed by atoms with Crippen LogP contribution in [0, 0.1) is 0 Å². The Morgan fingerprint density at radius 2 is 2.14 bits per heavy atom. The molecule has 0 atom stereocenters. The summed E-state index contributed by atoms with van der Waals surface area (Å²) in [5, 5.41) is 11.4. The molecule has 0 spiro atoms. The molecule has 1 aromatic heterocycles. The molecule has 70 valence electrons. The fourth-order valence-electron chi connectivity index (χ4n) is 1.30. The highest BCUT2D eigenvalue weighted by molar-refractivity contribution is 5.99. The van der Waals surface area contributed by atoms with Crippen LogP contribution in [0.25, 0.3) is 10.9 Å². The third-order valence-corrected chi connectivity index (χ3v) is 1.86. The Kier molecular flexibility index (Phi) is 2.10. The van der Waals surface area contributed by atoms with E-state index in [4.69, 9.17) is 0 Å². The van der Waals surface area contributed by atoms with E-state index < -0.39 is 0 Å². The molecule has 0 aliphatic heterocycles. The van der Waals surface area contributed by atoms with Gasteiger partial charge in [-0.15, -0.1) is 0 Å². The molecule has 2 aromatic rings. The van der Waals surface area contributed by atoms with Crippen molar-refractivity contribution in [2.75, 3.05) is 5.32 Å². The van der Waals surface area contributed by atoms with Crippen molar-refractivity contribution < 1.29 is 4.79 Å². The van der Waals surface area contributed by atoms with Crippen LogP contribution < -0.4 is 5.32 Å². The number of benzene rings is 1. The predicted molar refractivity (Wildman–Crippen MR) is 53.8 cm³/mol. The Morgan fingerprint density at radius 1 is 1.36 bits per heavy atom. The second kappa shape index (κ2) is 3.41. The van der Waals surface area contributed by atoms with E-state index in [1.165, 1.54) is 6.92 Å². The molecule has 0 aliphatic carbocycles. The van der Waals surface area contributed by atoms with Crippen LogP contribution in [0.2, 0.25) is 0 Å². The van der Waals surface area contributed by atoms with Crippen LogP contribution in [0.15, 0.2) is 30.5 Å². The summed E-state index contributed by atoms with van der Waals surface area (Å²) >= 11 is 0. The maximum Gasteiger partial charge on any atom is 0.221 e. The van der Waals surface area contributed by atoms with Crippen molar-refractivity contribution in [1.29, 1.82) is 0 Å². The average Bonchev–Trinajstić information content (AvgIpc) is 2.18. The van der Waals surface area contributed by atoms with Gasteiger partial charge in [0.15, 0.2) is 0 Å². The average molecular weight is 187 g/mol. The van der Waals surface area contributed by atoms with Gasteiger partial charge in [-0.25, -0.2) is 0 Å². The Hall–Kier alpha value is -1.97. The van der Waals surface area contributed by atoms with Crippen LogP contribution >= 0.6 is 0 Å². The zero-order chi connectivity index (χ0) is 9.97. The number of nitrogens with zero attached hydrogens (tertiary/aromatic N) is 2. The van der Waals surface area contributed by atoms with Crippen LogP contribution in [0.1, 0.15) is 6.92 Å². The van der Waals surface area contributed by atoms with Crippen molar-refractivity contribution in [1.82, 2.24) is 10.2 Å². The van der Waals surface area contributed by atoms with Gasteiger partial charge >= 0.3 is 0 Å². The highest BCUT2D eigenvalue weighted by atomic mass is 16.1. The normalized spacial score (nSPS) is 10.1. The Bertz CT molecular complexity index is 476. The topological polar surface area (TPSA) is 54.9 Å². The SMILES string of the molecule is CC(=O)Nc1cnnc2ccccc12. The second-order valence-corrected chi connectivity index (χ2v) is 2.96. The van der Waals surface area contributed by atoms with Crippen molar-refractivity contribution in [3.05, 3.63) is 30.5 Å². The van der Waals surface area contributed by atoms with E-state index in [9.17, 15) is 4.79 Å². The highest BCUT2D eigenvalue weighted by Crippen LogP contribution is 2.19. The van der Waals surface area contributed by atoms with Crippen LogP contribution in [0.4, 0.5) is 5.69 Å². The first-order valence-electron chi connectivity index (χ1n) is 4.25. The number of fused-ring (bicyclic) bond motifs is 1. The lowest BCUT2D eigenvalue weighted by atomic mass is 10.2. The minimum atomic E-state index is -0.108. The molecule has 0 radical (unpaired) electrons. The summed E-state index contributed by atoms with van der Waals surface area (Å²) in [6.45, 7) is 1.47. The monoisotopic (exact) mass is 187 g/mol. The van der Waals surface area contributed by atoms with Crippen molar-refractivity contribution in [3.63, 3.8) is 0 Å². The lowest BCUT2D eigenvalue weighted by Crippen LogP contribution is -2.06. The van der Waals surface area contributed by atoms with Gasteiger partial charge in [0.25, 0.3) is 0 Å². The molecular formula is C10H9N3O. The molecule has 1 N–H and O–H groups in total. The zero-order valence-corrected chi connectivity index (χ0v) is 7.69. The van der Waals surface area contributed by atoms with Crippen molar-refractivity contribution >= 4 is 22.5 Å². The van der Waals surface area contributed by atoms with Crippen molar-refractivity contribution in [2.24, 2.45) is 0 Å². The molecule has 0 aliphatic rings. The number of carbonyl (C=O) groups is 1. The first-order chi connectivity index (χ1) is 6.77. The lowest BCUT2D eigenvalue weighted by Gasteiger charge is -2.04. The Morgan fingerprint density at radius 3 is 2.93 bits per heavy atom. The van der Waals surface area contributed by atoms with Gasteiger partial charge in [0.1, 0.15) is 0 Å². The summed E-state index contributed by atoms with van der Waals surface area (Å²) in [5.74, 6) is -0.108. The van der Waals surface area contributed by atoms with Crippen LogP contribution in [0.5, 0.6) is 0 Å². The van der Waals surface area contributed by atoms with Gasteiger partial charge in [0.2, 0.25) is 5.91 Å². The maximum atomic E-state index is 10.9. The first-order valence-corrected chi connectivity index (χ1v) is 4.25. The lowest BCUT2D eigenvalue weighted by molar-refractivity contribution is -0.114. The molecule has 1 amide bonds. The molecule has 0 saturated carbocycles. The predicted octanol–water partition coefficient (Wildman–Crippen LogP) is 1.59. The number of nitrogens with one attached hydrogen (secondary N) is 1. The standard InChI is InChI=1S/C10H9N3O/c1-7(14)12-10-6-11-13-9-5-3-2-4-8(9)10/h2-6H,1H3,(H,12,13,14). The van der Waals surface area contributed by atoms with Gasteiger partial charge in [-0.2, -0.15) is 10.2 Å². The molecular weight excluding hydrogens is 178 g/mol. The van der Waals surface area contributed by atoms with E-state index in [2.05, 4.69) is 15.5 Å². The van der Waals surface area contributed by atoms with Gasteiger partial charge in [0, 0.05) is 12.3 Å². The Labute approximate surface area is 81.0 Å². The third-order valence-electron chi connectivity index (χ3n) is 1.86. The van der Waals surface area contributed by atoms with Gasteiger partial charge in [-0.05, 0) is 6.07 Å². The number of hydrogen-bond donors (Lipinski definition) is 1. The minimum absolute atomic E-state index is 0.108. The summed E-state index contributed by atoms with van der Waals surface area (Å²) in [6.07, 6.45) is 1.55. The molecule has 1 aromatic carbocycles. The number of rotatable bonds is 1. The summed E-state index contributed by atoms with van der Waals surface area (Å²) in [4.78, 5) is 10.9. The molecule has 4 nitrogen and oxygen atoms in total. The number of amides is 1. The third kappa shape index (κ3) is 1.54. The fourth-order valence-corrected chi connectivity index (χ4v) is 1.30. The fraction of sp³-hybridized carbons (Fsp3) is 0.100. The van der Waals surface area contributed by atoms with E-state index in [1.807, 2.05) is 24.3 Å². The molecule has 14 heavy (non-hydrogen) atoms. The molecule has 0 unspecified atom stereocenters. The van der Waals surface area contributed by atoms with Crippen LogP contribution in [0.3, 0.4) is 0 Å². The smallest absolute Gasteiger partial charge is 0.221 e. The van der Waals surface area contributed by atoms with E-state index in [0.29, 0.717) is 5.69 Å². The summed E-state index contributed by atoms with van der Waals surface area (Å²) in [5.41, 5.74) is 1.47. The number of carbonyl (C=O) groups excluding carboxylic acids is 1. The van der Waals surface area contributed by atoms with E-state index >= 15 is 0 Å². The number of aromatic nitrogens is 2. The van der Waals surface area contributed by atoms with Gasteiger partial charge < -0.3 is 5.32 Å². The summed E-state index contributed by atoms with van der Waals surface area (Å²) in [6, 6.07) is 7.53. The van der Waals surface area contributed by atoms with Gasteiger partial charge in [-0.1, -0.05) is 18.2 Å². The van der Waals surface area contributed by atoms with Crippen LogP contribution in [-0.2, 0) is 4.79 Å². The molecule has 1 heterocycles. The summed E-state index contributed by atoms with van der Waals surface area (Å²) < 4.78 is 0. The van der Waals surface area contributed by atoms with E-state index in [-0.39, 0.29) is 5.91 Å². The maximum absolute atomic E-state index is 10.9. The van der Waals surface area contributed by atoms with Gasteiger partial charge in [-0.3, -0.25) is 4.79 Å². The molecule has 0 bridgehead atoms.